The summed E-state index contributed by atoms with van der Waals surface area (Å²) in [6, 6.07) is 18.9. The molecule has 0 saturated carbocycles. The highest BCUT2D eigenvalue weighted by Crippen LogP contribution is 2.31. The first kappa shape index (κ1) is 23.3. The van der Waals surface area contributed by atoms with Gasteiger partial charge in [0.25, 0.3) is 5.91 Å². The number of hydrogen-bond acceptors (Lipinski definition) is 4. The van der Waals surface area contributed by atoms with Crippen LogP contribution in [0.4, 0.5) is 5.69 Å². The molecule has 0 aliphatic carbocycles. The number of nitrogens with one attached hydrogen (secondary N) is 1. The van der Waals surface area contributed by atoms with Gasteiger partial charge < -0.3 is 15.1 Å². The Labute approximate surface area is 202 Å². The molecule has 1 N–H and O–H groups in total. The number of para-hydroxylation sites is 1. The lowest BCUT2D eigenvalue weighted by atomic mass is 9.91. The van der Waals surface area contributed by atoms with Crippen molar-refractivity contribution in [2.24, 2.45) is 0 Å². The average Bonchev–Trinajstić information content (AvgIpc) is 3.30. The molecule has 3 aromatic rings. The van der Waals surface area contributed by atoms with Crippen molar-refractivity contribution in [3.8, 4) is 5.69 Å². The van der Waals surface area contributed by atoms with Crippen molar-refractivity contribution < 1.29 is 4.79 Å². The van der Waals surface area contributed by atoms with Crippen molar-refractivity contribution in [3.05, 3.63) is 77.6 Å². The summed E-state index contributed by atoms with van der Waals surface area (Å²) in [6.45, 7) is 7.21. The van der Waals surface area contributed by atoms with Crippen LogP contribution in [-0.2, 0) is 0 Å². The predicted molar refractivity (Wildman–Crippen MR) is 135 cm³/mol. The molecule has 3 heterocycles. The van der Waals surface area contributed by atoms with Crippen LogP contribution >= 0.6 is 12.4 Å². The van der Waals surface area contributed by atoms with E-state index in [1.54, 1.807) is 6.20 Å². The number of carbonyl (C=O) groups is 1. The number of anilines is 1. The number of piperidine rings is 1. The number of rotatable bonds is 4. The third-order valence-corrected chi connectivity index (χ3v) is 6.73. The Morgan fingerprint density at radius 2 is 1.58 bits per heavy atom. The maximum absolute atomic E-state index is 13.6. The van der Waals surface area contributed by atoms with E-state index in [4.69, 9.17) is 5.10 Å². The number of nitrogens with zero attached hydrogens (tertiary/aromatic N) is 4. The van der Waals surface area contributed by atoms with E-state index in [2.05, 4.69) is 65.7 Å². The maximum atomic E-state index is 13.6. The number of benzene rings is 2. The minimum Gasteiger partial charge on any atom is -0.368 e. The summed E-state index contributed by atoms with van der Waals surface area (Å²) in [5, 5.41) is 8.15. The molecule has 2 fully saturated rings. The van der Waals surface area contributed by atoms with Crippen LogP contribution in [0.1, 0.15) is 40.4 Å². The maximum Gasteiger partial charge on any atom is 0.257 e. The summed E-state index contributed by atoms with van der Waals surface area (Å²) in [5.74, 6) is 0.453. The molecule has 5 rings (SSSR count). The van der Waals surface area contributed by atoms with Crippen LogP contribution in [-0.4, -0.2) is 59.9 Å². The number of halogens is 1. The molecule has 1 aromatic heterocycles. The van der Waals surface area contributed by atoms with Gasteiger partial charge in [-0.15, -0.1) is 12.4 Å². The van der Waals surface area contributed by atoms with Crippen molar-refractivity contribution in [2.45, 2.75) is 25.7 Å². The monoisotopic (exact) mass is 465 g/mol. The van der Waals surface area contributed by atoms with Crippen molar-refractivity contribution in [2.75, 3.05) is 44.2 Å². The van der Waals surface area contributed by atoms with Crippen LogP contribution < -0.4 is 10.2 Å². The normalized spacial score (nSPS) is 17.0. The van der Waals surface area contributed by atoms with E-state index in [0.29, 0.717) is 5.92 Å². The van der Waals surface area contributed by atoms with Crippen LogP contribution in [0.25, 0.3) is 5.69 Å². The van der Waals surface area contributed by atoms with E-state index in [9.17, 15) is 4.79 Å². The molecule has 33 heavy (non-hydrogen) atoms. The zero-order valence-corrected chi connectivity index (χ0v) is 19.9. The molecule has 0 bridgehead atoms. The number of piperazine rings is 1. The zero-order chi connectivity index (χ0) is 21.9. The highest BCUT2D eigenvalue weighted by Gasteiger charge is 2.30. The van der Waals surface area contributed by atoms with Gasteiger partial charge in [0.15, 0.2) is 0 Å². The SMILES string of the molecule is Cc1ccc(-n2ncc(C(=O)N3CCN(c4ccccc4)CC3)c2C2CCNCC2)cc1.Cl. The Balaban J connectivity index is 0.00000259. The first-order valence-corrected chi connectivity index (χ1v) is 11.7. The quantitative estimate of drug-likeness (QED) is 0.632. The molecule has 1 amide bonds. The Bertz CT molecular complexity index is 1050. The van der Waals surface area contributed by atoms with E-state index < -0.39 is 0 Å². The molecule has 2 aromatic carbocycles. The standard InChI is InChI=1S/C26H31N5O.ClH/c1-20-7-9-23(10-8-20)31-25(21-11-13-27-14-12-21)24(19-28-31)26(32)30-17-15-29(16-18-30)22-5-3-2-4-6-22;/h2-10,19,21,27H,11-18H2,1H3;1H. The van der Waals surface area contributed by atoms with Gasteiger partial charge in [-0.05, 0) is 57.1 Å². The fourth-order valence-electron chi connectivity index (χ4n) is 4.88. The third-order valence-electron chi connectivity index (χ3n) is 6.73. The molecule has 2 aliphatic rings. The van der Waals surface area contributed by atoms with Gasteiger partial charge in [-0.3, -0.25) is 4.79 Å². The predicted octanol–water partition coefficient (Wildman–Crippen LogP) is 4.03. The molecular formula is C26H32ClN5O. The summed E-state index contributed by atoms with van der Waals surface area (Å²) >= 11 is 0. The number of carbonyl (C=O) groups excluding carboxylic acids is 1. The molecular weight excluding hydrogens is 434 g/mol. The average molecular weight is 466 g/mol. The van der Waals surface area contributed by atoms with E-state index in [1.165, 1.54) is 11.3 Å². The third kappa shape index (κ3) is 4.92. The van der Waals surface area contributed by atoms with E-state index in [0.717, 1.165) is 69.1 Å². The fourth-order valence-corrected chi connectivity index (χ4v) is 4.88. The van der Waals surface area contributed by atoms with Crippen LogP contribution in [0.3, 0.4) is 0 Å². The molecule has 6 nitrogen and oxygen atoms in total. The lowest BCUT2D eigenvalue weighted by molar-refractivity contribution is 0.0744. The van der Waals surface area contributed by atoms with E-state index in [1.807, 2.05) is 15.6 Å². The molecule has 7 heteroatoms. The fraction of sp³-hybridized carbons (Fsp3) is 0.385. The Kier molecular flexibility index (Phi) is 7.36. The van der Waals surface area contributed by atoms with Crippen LogP contribution in [0.5, 0.6) is 0 Å². The minimum absolute atomic E-state index is 0. The molecule has 0 atom stereocenters. The highest BCUT2D eigenvalue weighted by molar-refractivity contribution is 5.95. The van der Waals surface area contributed by atoms with Gasteiger partial charge in [-0.2, -0.15) is 5.10 Å². The van der Waals surface area contributed by atoms with Crippen LogP contribution in [0.2, 0.25) is 0 Å². The van der Waals surface area contributed by atoms with Gasteiger partial charge in [-0.1, -0.05) is 35.9 Å². The second kappa shape index (κ2) is 10.4. The highest BCUT2D eigenvalue weighted by atomic mass is 35.5. The molecule has 2 aliphatic heterocycles. The molecule has 0 unspecified atom stereocenters. The van der Waals surface area contributed by atoms with Gasteiger partial charge >= 0.3 is 0 Å². The number of amides is 1. The zero-order valence-electron chi connectivity index (χ0n) is 19.1. The molecule has 2 saturated heterocycles. The smallest absolute Gasteiger partial charge is 0.257 e. The Morgan fingerprint density at radius 3 is 2.24 bits per heavy atom. The van der Waals surface area contributed by atoms with Crippen molar-refractivity contribution >= 4 is 24.0 Å². The van der Waals surface area contributed by atoms with Crippen LogP contribution in [0, 0.1) is 6.92 Å². The van der Waals surface area contributed by atoms with Gasteiger partial charge in [0.2, 0.25) is 0 Å². The van der Waals surface area contributed by atoms with E-state index >= 15 is 0 Å². The number of hydrogen-bond donors (Lipinski definition) is 1. The summed E-state index contributed by atoms with van der Waals surface area (Å²) in [7, 11) is 0. The summed E-state index contributed by atoms with van der Waals surface area (Å²) in [4.78, 5) is 18.0. The van der Waals surface area contributed by atoms with Crippen molar-refractivity contribution in [1.29, 1.82) is 0 Å². The topological polar surface area (TPSA) is 53.4 Å². The minimum atomic E-state index is 0. The van der Waals surface area contributed by atoms with Gasteiger partial charge in [0.05, 0.1) is 23.1 Å². The second-order valence-corrected chi connectivity index (χ2v) is 8.83. The lowest BCUT2D eigenvalue weighted by Gasteiger charge is -2.36. The summed E-state index contributed by atoms with van der Waals surface area (Å²) in [5.41, 5.74) is 5.31. The molecule has 0 radical (unpaired) electrons. The Hall–Kier alpha value is -2.83. The first-order valence-electron chi connectivity index (χ1n) is 11.7. The first-order chi connectivity index (χ1) is 15.7. The summed E-state index contributed by atoms with van der Waals surface area (Å²) in [6.07, 6.45) is 3.85. The van der Waals surface area contributed by atoms with Gasteiger partial charge in [-0.25, -0.2) is 4.68 Å². The lowest BCUT2D eigenvalue weighted by Crippen LogP contribution is -2.49. The summed E-state index contributed by atoms with van der Waals surface area (Å²) < 4.78 is 2.00. The number of aryl methyl sites for hydroxylation is 1. The van der Waals surface area contributed by atoms with Gasteiger partial charge in [0, 0.05) is 37.8 Å². The van der Waals surface area contributed by atoms with Crippen LogP contribution in [0.15, 0.2) is 60.8 Å². The largest absolute Gasteiger partial charge is 0.368 e. The number of aromatic nitrogens is 2. The van der Waals surface area contributed by atoms with Crippen molar-refractivity contribution in [1.82, 2.24) is 20.0 Å². The Morgan fingerprint density at radius 1 is 0.909 bits per heavy atom. The molecule has 174 valence electrons. The van der Waals surface area contributed by atoms with E-state index in [-0.39, 0.29) is 18.3 Å². The second-order valence-electron chi connectivity index (χ2n) is 8.83. The van der Waals surface area contributed by atoms with Gasteiger partial charge in [0.1, 0.15) is 0 Å². The van der Waals surface area contributed by atoms with Crippen molar-refractivity contribution in [3.63, 3.8) is 0 Å². The molecule has 0 spiro atoms.